The summed E-state index contributed by atoms with van der Waals surface area (Å²) in [5.41, 5.74) is 0.635. The maximum atomic E-state index is 13.6. The van der Waals surface area contributed by atoms with Crippen LogP contribution in [0.2, 0.25) is 0 Å². The number of amides is 1. The van der Waals surface area contributed by atoms with Gasteiger partial charge in [0, 0.05) is 51.4 Å². The van der Waals surface area contributed by atoms with Crippen LogP contribution in [0.25, 0.3) is 0 Å². The molecular weight excluding hydrogens is 430 g/mol. The summed E-state index contributed by atoms with van der Waals surface area (Å²) in [5, 5.41) is 3.56. The van der Waals surface area contributed by atoms with E-state index in [2.05, 4.69) is 38.0 Å². The second kappa shape index (κ2) is 15.2. The Balaban J connectivity index is 2.06. The van der Waals surface area contributed by atoms with E-state index in [1.807, 2.05) is 23.1 Å². The zero-order chi connectivity index (χ0) is 24.9. The Morgan fingerprint density at radius 3 is 2.44 bits per heavy atom. The van der Waals surface area contributed by atoms with Crippen molar-refractivity contribution in [3.63, 3.8) is 0 Å². The second-order valence-corrected chi connectivity index (χ2v) is 9.76. The van der Waals surface area contributed by atoms with Crippen LogP contribution in [0.4, 0.5) is 0 Å². The van der Waals surface area contributed by atoms with Gasteiger partial charge in [-0.1, -0.05) is 19.8 Å². The summed E-state index contributed by atoms with van der Waals surface area (Å²) in [6.45, 7) is 12.5. The highest BCUT2D eigenvalue weighted by Crippen LogP contribution is 2.29. The van der Waals surface area contributed by atoms with Crippen LogP contribution in [-0.4, -0.2) is 89.0 Å². The van der Waals surface area contributed by atoms with Crippen molar-refractivity contribution in [2.45, 2.75) is 52.5 Å². The normalized spacial score (nSPS) is 18.0. The van der Waals surface area contributed by atoms with E-state index in [0.29, 0.717) is 42.1 Å². The Bertz CT molecular complexity index is 728. The summed E-state index contributed by atoms with van der Waals surface area (Å²) >= 11 is 0. The SMILES string of the molecule is CCCCCN(C)C[C@@H]1CNC[C@H]1CN(C(=O)c1ccc(OC)c(OCCCOC)c1)C(C)C. The first-order chi connectivity index (χ1) is 16.4. The lowest BCUT2D eigenvalue weighted by molar-refractivity contribution is 0.0654. The zero-order valence-electron chi connectivity index (χ0n) is 22.3. The molecule has 1 N–H and O–H groups in total. The molecular formula is C27H47N3O4. The molecule has 0 aromatic heterocycles. The fourth-order valence-corrected chi connectivity index (χ4v) is 4.59. The van der Waals surface area contributed by atoms with Gasteiger partial charge in [0.2, 0.25) is 0 Å². The van der Waals surface area contributed by atoms with Gasteiger partial charge in [-0.25, -0.2) is 0 Å². The van der Waals surface area contributed by atoms with Crippen LogP contribution in [-0.2, 0) is 4.74 Å². The highest BCUT2D eigenvalue weighted by Gasteiger charge is 2.32. The number of carbonyl (C=O) groups excluding carboxylic acids is 1. The lowest BCUT2D eigenvalue weighted by Crippen LogP contribution is -2.43. The van der Waals surface area contributed by atoms with Crippen LogP contribution < -0.4 is 14.8 Å². The highest BCUT2D eigenvalue weighted by atomic mass is 16.5. The molecule has 0 spiro atoms. The maximum Gasteiger partial charge on any atom is 0.254 e. The van der Waals surface area contributed by atoms with Gasteiger partial charge in [-0.05, 0) is 70.4 Å². The number of hydrogen-bond acceptors (Lipinski definition) is 6. The lowest BCUT2D eigenvalue weighted by atomic mass is 9.94. The molecule has 1 aromatic carbocycles. The second-order valence-electron chi connectivity index (χ2n) is 9.76. The molecule has 1 saturated heterocycles. The van der Waals surface area contributed by atoms with E-state index in [1.165, 1.54) is 19.3 Å². The Morgan fingerprint density at radius 1 is 1.06 bits per heavy atom. The smallest absolute Gasteiger partial charge is 0.254 e. The monoisotopic (exact) mass is 477 g/mol. The number of methoxy groups -OCH3 is 2. The summed E-state index contributed by atoms with van der Waals surface area (Å²) in [6, 6.07) is 5.59. The first kappa shape index (κ1) is 28.4. The first-order valence-electron chi connectivity index (χ1n) is 12.9. The van der Waals surface area contributed by atoms with Gasteiger partial charge in [0.1, 0.15) is 0 Å². The van der Waals surface area contributed by atoms with Gasteiger partial charge in [-0.15, -0.1) is 0 Å². The molecule has 2 rings (SSSR count). The van der Waals surface area contributed by atoms with E-state index in [0.717, 1.165) is 39.1 Å². The molecule has 0 unspecified atom stereocenters. The molecule has 1 heterocycles. The summed E-state index contributed by atoms with van der Waals surface area (Å²) in [6.07, 6.45) is 4.56. The third-order valence-corrected chi connectivity index (χ3v) is 6.65. The molecule has 0 saturated carbocycles. The predicted octanol–water partition coefficient (Wildman–Crippen LogP) is 3.92. The Morgan fingerprint density at radius 2 is 1.79 bits per heavy atom. The lowest BCUT2D eigenvalue weighted by Gasteiger charge is -2.33. The Hall–Kier alpha value is -1.83. The van der Waals surface area contributed by atoms with Crippen molar-refractivity contribution < 1.29 is 19.0 Å². The fourth-order valence-electron chi connectivity index (χ4n) is 4.59. The van der Waals surface area contributed by atoms with Crippen LogP contribution in [0, 0.1) is 11.8 Å². The average Bonchev–Trinajstić information content (AvgIpc) is 3.26. The van der Waals surface area contributed by atoms with Gasteiger partial charge in [0.05, 0.1) is 13.7 Å². The molecule has 0 aliphatic carbocycles. The zero-order valence-corrected chi connectivity index (χ0v) is 22.3. The van der Waals surface area contributed by atoms with Crippen molar-refractivity contribution >= 4 is 5.91 Å². The van der Waals surface area contributed by atoms with Crippen LogP contribution >= 0.6 is 0 Å². The van der Waals surface area contributed by atoms with Crippen molar-refractivity contribution in [2.24, 2.45) is 11.8 Å². The minimum atomic E-state index is 0.0429. The molecule has 7 nitrogen and oxygen atoms in total. The maximum absolute atomic E-state index is 13.6. The molecule has 7 heteroatoms. The van der Waals surface area contributed by atoms with Crippen molar-refractivity contribution in [1.29, 1.82) is 0 Å². The van der Waals surface area contributed by atoms with Gasteiger partial charge >= 0.3 is 0 Å². The molecule has 34 heavy (non-hydrogen) atoms. The minimum absolute atomic E-state index is 0.0429. The van der Waals surface area contributed by atoms with Gasteiger partial charge < -0.3 is 29.3 Å². The molecule has 194 valence electrons. The predicted molar refractivity (Wildman–Crippen MR) is 138 cm³/mol. The van der Waals surface area contributed by atoms with Crippen LogP contribution in [0.1, 0.15) is 56.8 Å². The van der Waals surface area contributed by atoms with Gasteiger partial charge in [-0.2, -0.15) is 0 Å². The van der Waals surface area contributed by atoms with Crippen molar-refractivity contribution in [3.05, 3.63) is 23.8 Å². The van der Waals surface area contributed by atoms with Crippen LogP contribution in [0.15, 0.2) is 18.2 Å². The number of nitrogens with one attached hydrogen (secondary N) is 1. The summed E-state index contributed by atoms with van der Waals surface area (Å²) in [7, 11) is 5.52. The number of unbranched alkanes of at least 4 members (excludes halogenated alkanes) is 2. The number of hydrogen-bond donors (Lipinski definition) is 1. The number of nitrogens with zero attached hydrogens (tertiary/aromatic N) is 2. The van der Waals surface area contributed by atoms with Gasteiger partial charge in [0.25, 0.3) is 5.91 Å². The number of benzene rings is 1. The fraction of sp³-hybridized carbons (Fsp3) is 0.741. The molecule has 1 aromatic rings. The summed E-state index contributed by atoms with van der Waals surface area (Å²) < 4.78 is 16.4. The molecule has 2 atom stereocenters. The molecule has 1 aliphatic heterocycles. The number of rotatable bonds is 16. The largest absolute Gasteiger partial charge is 0.493 e. The average molecular weight is 478 g/mol. The minimum Gasteiger partial charge on any atom is -0.493 e. The topological polar surface area (TPSA) is 63.3 Å². The molecule has 1 amide bonds. The van der Waals surface area contributed by atoms with E-state index in [-0.39, 0.29) is 11.9 Å². The Kier molecular flexibility index (Phi) is 12.7. The Labute approximate surface area is 207 Å². The van der Waals surface area contributed by atoms with Crippen molar-refractivity contribution in [3.8, 4) is 11.5 Å². The third kappa shape index (κ3) is 8.75. The molecule has 1 fully saturated rings. The van der Waals surface area contributed by atoms with Crippen LogP contribution in [0.3, 0.4) is 0 Å². The van der Waals surface area contributed by atoms with E-state index < -0.39 is 0 Å². The quantitative estimate of drug-likeness (QED) is 0.364. The van der Waals surface area contributed by atoms with E-state index in [9.17, 15) is 4.79 Å². The van der Waals surface area contributed by atoms with E-state index in [4.69, 9.17) is 14.2 Å². The standard InChI is InChI=1S/C27H47N3O4/c1-7-8-9-13-29(4)19-23-17-28-18-24(23)20-30(21(2)3)27(31)22-11-12-25(33-6)26(16-22)34-15-10-14-32-5/h11-12,16,21,23-24,28H,7-10,13-15,17-20H2,1-6H3/t23-,24-/m0/s1. The number of carbonyl (C=O) groups is 1. The molecule has 0 radical (unpaired) electrons. The van der Waals surface area contributed by atoms with Gasteiger partial charge in [-0.3, -0.25) is 4.79 Å². The van der Waals surface area contributed by atoms with Crippen LogP contribution in [0.5, 0.6) is 11.5 Å². The summed E-state index contributed by atoms with van der Waals surface area (Å²) in [5.74, 6) is 2.28. The van der Waals surface area contributed by atoms with Gasteiger partial charge in [0.15, 0.2) is 11.5 Å². The van der Waals surface area contributed by atoms with Crippen molar-refractivity contribution in [1.82, 2.24) is 15.1 Å². The summed E-state index contributed by atoms with van der Waals surface area (Å²) in [4.78, 5) is 18.1. The first-order valence-corrected chi connectivity index (χ1v) is 12.9. The van der Waals surface area contributed by atoms with E-state index >= 15 is 0 Å². The third-order valence-electron chi connectivity index (χ3n) is 6.65. The molecule has 0 bridgehead atoms. The highest BCUT2D eigenvalue weighted by molar-refractivity contribution is 5.95. The van der Waals surface area contributed by atoms with E-state index in [1.54, 1.807) is 14.2 Å². The number of ether oxygens (including phenoxy) is 3. The van der Waals surface area contributed by atoms with Crippen molar-refractivity contribution in [2.75, 3.05) is 67.2 Å². The molecule has 1 aliphatic rings.